The van der Waals surface area contributed by atoms with E-state index in [4.69, 9.17) is 5.73 Å². The van der Waals surface area contributed by atoms with Gasteiger partial charge in [0.2, 0.25) is 0 Å². The van der Waals surface area contributed by atoms with E-state index in [1.54, 1.807) is 30.6 Å². The van der Waals surface area contributed by atoms with E-state index in [0.29, 0.717) is 5.69 Å². The van der Waals surface area contributed by atoms with Crippen LogP contribution in [-0.2, 0) is 14.8 Å². The van der Waals surface area contributed by atoms with Gasteiger partial charge in [0.05, 0.1) is 10.2 Å². The van der Waals surface area contributed by atoms with Gasteiger partial charge in [0.1, 0.15) is 9.91 Å². The number of fused-ring (bicyclic) bond motifs is 1. The van der Waals surface area contributed by atoms with Crippen LogP contribution in [0.3, 0.4) is 0 Å². The SMILES string of the molecule is CC(=O)C(=C(C)N)S(=O)(=O)Nc1cccc(-c2nc3ccncc3s2)c1. The molecule has 134 valence electrons. The third kappa shape index (κ3) is 3.58. The second kappa shape index (κ2) is 6.85. The fraction of sp³-hybridized carbons (Fsp3) is 0.118. The normalized spacial score (nSPS) is 12.7. The van der Waals surface area contributed by atoms with Gasteiger partial charge in [-0.3, -0.25) is 14.5 Å². The van der Waals surface area contributed by atoms with Crippen LogP contribution in [0.4, 0.5) is 5.69 Å². The first-order valence-electron chi connectivity index (χ1n) is 7.59. The van der Waals surface area contributed by atoms with Crippen LogP contribution in [0.5, 0.6) is 0 Å². The van der Waals surface area contributed by atoms with Crippen molar-refractivity contribution in [2.75, 3.05) is 4.72 Å². The number of Topliss-reactive ketones (excluding diaryl/α,β-unsaturated/α-hetero) is 1. The van der Waals surface area contributed by atoms with E-state index in [9.17, 15) is 13.2 Å². The molecule has 0 saturated heterocycles. The van der Waals surface area contributed by atoms with Crippen LogP contribution >= 0.6 is 11.3 Å². The number of rotatable bonds is 5. The molecule has 3 rings (SSSR count). The average molecular weight is 388 g/mol. The fourth-order valence-corrected chi connectivity index (χ4v) is 4.77. The van der Waals surface area contributed by atoms with Crippen LogP contribution in [0.15, 0.2) is 53.3 Å². The summed E-state index contributed by atoms with van der Waals surface area (Å²) < 4.78 is 28.3. The van der Waals surface area contributed by atoms with E-state index in [1.165, 1.54) is 18.3 Å². The number of pyridine rings is 1. The van der Waals surface area contributed by atoms with E-state index in [-0.39, 0.29) is 5.70 Å². The number of nitrogens with two attached hydrogens (primary N) is 1. The lowest BCUT2D eigenvalue weighted by Gasteiger charge is -2.11. The highest BCUT2D eigenvalue weighted by Crippen LogP contribution is 2.31. The van der Waals surface area contributed by atoms with Crippen LogP contribution in [-0.4, -0.2) is 24.2 Å². The third-order valence-corrected chi connectivity index (χ3v) is 6.21. The van der Waals surface area contributed by atoms with Gasteiger partial charge in [-0.05, 0) is 32.0 Å². The Kier molecular flexibility index (Phi) is 4.75. The van der Waals surface area contributed by atoms with Gasteiger partial charge in [0, 0.05) is 29.3 Å². The van der Waals surface area contributed by atoms with Crippen molar-refractivity contribution in [1.82, 2.24) is 9.97 Å². The summed E-state index contributed by atoms with van der Waals surface area (Å²) in [6.07, 6.45) is 3.40. The first-order chi connectivity index (χ1) is 12.3. The summed E-state index contributed by atoms with van der Waals surface area (Å²) in [6, 6.07) is 8.62. The number of sulfonamides is 1. The van der Waals surface area contributed by atoms with E-state index >= 15 is 0 Å². The number of carbonyl (C=O) groups is 1. The lowest BCUT2D eigenvalue weighted by molar-refractivity contribution is -0.113. The highest BCUT2D eigenvalue weighted by molar-refractivity contribution is 7.97. The Balaban J connectivity index is 1.97. The molecule has 3 N–H and O–H groups in total. The smallest absolute Gasteiger partial charge is 0.267 e. The predicted octanol–water partition coefficient (Wildman–Crippen LogP) is 2.88. The Hall–Kier alpha value is -2.78. The minimum Gasteiger partial charge on any atom is -0.401 e. The highest BCUT2D eigenvalue weighted by Gasteiger charge is 2.24. The van der Waals surface area contributed by atoms with Crippen molar-refractivity contribution in [2.45, 2.75) is 13.8 Å². The van der Waals surface area contributed by atoms with E-state index < -0.39 is 20.7 Å². The number of benzene rings is 1. The van der Waals surface area contributed by atoms with Crippen molar-refractivity contribution in [3.8, 4) is 10.6 Å². The Morgan fingerprint density at radius 2 is 2.00 bits per heavy atom. The number of hydrogen-bond acceptors (Lipinski definition) is 7. The molecule has 1 aromatic carbocycles. The molecule has 0 saturated carbocycles. The molecule has 7 nitrogen and oxygen atoms in total. The number of allylic oxidation sites excluding steroid dienone is 2. The van der Waals surface area contributed by atoms with Crippen LogP contribution in [0.25, 0.3) is 20.8 Å². The Morgan fingerprint density at radius 1 is 1.23 bits per heavy atom. The summed E-state index contributed by atoms with van der Waals surface area (Å²) in [5, 5.41) is 0.742. The van der Waals surface area contributed by atoms with Crippen LogP contribution in [0.2, 0.25) is 0 Å². The zero-order valence-corrected chi connectivity index (χ0v) is 15.7. The quantitative estimate of drug-likeness (QED) is 0.650. The predicted molar refractivity (Wildman–Crippen MR) is 103 cm³/mol. The lowest BCUT2D eigenvalue weighted by Crippen LogP contribution is -2.22. The number of nitrogens with one attached hydrogen (secondary N) is 1. The zero-order valence-electron chi connectivity index (χ0n) is 14.1. The Morgan fingerprint density at radius 3 is 2.65 bits per heavy atom. The van der Waals surface area contributed by atoms with Crippen molar-refractivity contribution < 1.29 is 13.2 Å². The number of thiazole rings is 1. The molecule has 2 heterocycles. The fourth-order valence-electron chi connectivity index (χ4n) is 2.50. The minimum atomic E-state index is -4.07. The second-order valence-corrected chi connectivity index (χ2v) is 8.27. The molecule has 0 spiro atoms. The highest BCUT2D eigenvalue weighted by atomic mass is 32.2. The molecule has 0 unspecified atom stereocenters. The van der Waals surface area contributed by atoms with Crippen LogP contribution in [0, 0.1) is 0 Å². The summed E-state index contributed by atoms with van der Waals surface area (Å²) in [5.74, 6) is -0.618. The Bertz CT molecular complexity index is 1100. The van der Waals surface area contributed by atoms with Gasteiger partial charge in [-0.15, -0.1) is 11.3 Å². The number of nitrogens with zero attached hydrogens (tertiary/aromatic N) is 2. The first-order valence-corrected chi connectivity index (χ1v) is 9.89. The lowest BCUT2D eigenvalue weighted by atomic mass is 10.2. The topological polar surface area (TPSA) is 115 Å². The maximum Gasteiger partial charge on any atom is 0.267 e. The third-order valence-electron chi connectivity index (χ3n) is 3.50. The molecule has 0 radical (unpaired) electrons. The number of ketones is 1. The summed E-state index contributed by atoms with van der Waals surface area (Å²) in [5.41, 5.74) is 7.41. The van der Waals surface area contributed by atoms with Gasteiger partial charge in [-0.2, -0.15) is 0 Å². The Labute approximate surface area is 154 Å². The number of aromatic nitrogens is 2. The van der Waals surface area contributed by atoms with Gasteiger partial charge in [0.15, 0.2) is 5.78 Å². The first kappa shape index (κ1) is 18.0. The number of anilines is 1. The van der Waals surface area contributed by atoms with Crippen molar-refractivity contribution in [2.24, 2.45) is 5.73 Å². The second-order valence-electron chi connectivity index (χ2n) is 5.62. The molecule has 3 aromatic rings. The monoisotopic (exact) mass is 388 g/mol. The van der Waals surface area contributed by atoms with Crippen molar-refractivity contribution in [1.29, 1.82) is 0 Å². The van der Waals surface area contributed by atoms with Gasteiger partial charge < -0.3 is 5.73 Å². The number of carbonyl (C=O) groups excluding carboxylic acids is 1. The van der Waals surface area contributed by atoms with Gasteiger partial charge in [-0.1, -0.05) is 12.1 Å². The summed E-state index contributed by atoms with van der Waals surface area (Å²) >= 11 is 1.46. The molecule has 26 heavy (non-hydrogen) atoms. The summed E-state index contributed by atoms with van der Waals surface area (Å²) in [7, 11) is -4.07. The standard InChI is InChI=1S/C17H16N4O3S2/c1-10(18)16(11(2)22)26(23,24)21-13-5-3-4-12(8-13)17-20-14-6-7-19-9-15(14)25-17/h3-9,21H,18H2,1-2H3. The molecular formula is C17H16N4O3S2. The molecule has 9 heteroatoms. The van der Waals surface area contributed by atoms with E-state index in [1.807, 2.05) is 12.1 Å². The zero-order chi connectivity index (χ0) is 18.9. The maximum absolute atomic E-state index is 12.5. The largest absolute Gasteiger partial charge is 0.401 e. The molecule has 0 aliphatic rings. The molecule has 0 amide bonds. The van der Waals surface area contributed by atoms with E-state index in [0.717, 1.165) is 27.7 Å². The van der Waals surface area contributed by atoms with Crippen molar-refractivity contribution in [3.63, 3.8) is 0 Å². The minimum absolute atomic E-state index is 0.0557. The van der Waals surface area contributed by atoms with Gasteiger partial charge in [-0.25, -0.2) is 13.4 Å². The molecule has 0 aliphatic heterocycles. The molecule has 0 aliphatic carbocycles. The van der Waals surface area contributed by atoms with Crippen LogP contribution in [0.1, 0.15) is 13.8 Å². The molecule has 0 atom stereocenters. The van der Waals surface area contributed by atoms with E-state index in [2.05, 4.69) is 14.7 Å². The van der Waals surface area contributed by atoms with Gasteiger partial charge >= 0.3 is 0 Å². The van der Waals surface area contributed by atoms with Crippen molar-refractivity contribution >= 4 is 43.0 Å². The molecule has 2 aromatic heterocycles. The molecule has 0 fully saturated rings. The maximum atomic E-state index is 12.5. The average Bonchev–Trinajstić information content (AvgIpc) is 2.97. The molecular weight excluding hydrogens is 372 g/mol. The van der Waals surface area contributed by atoms with Gasteiger partial charge in [0.25, 0.3) is 10.0 Å². The summed E-state index contributed by atoms with van der Waals surface area (Å²) in [6.45, 7) is 2.54. The summed E-state index contributed by atoms with van der Waals surface area (Å²) in [4.78, 5) is 19.8. The van der Waals surface area contributed by atoms with Crippen molar-refractivity contribution in [3.05, 3.63) is 53.3 Å². The molecule has 0 bridgehead atoms. The van der Waals surface area contributed by atoms with Crippen LogP contribution < -0.4 is 10.5 Å². The number of hydrogen-bond donors (Lipinski definition) is 2.